The van der Waals surface area contributed by atoms with Crippen molar-refractivity contribution >= 4 is 5.97 Å². The molecule has 0 bridgehead atoms. The largest absolute Gasteiger partial charge is 0.550 e. The van der Waals surface area contributed by atoms with Gasteiger partial charge >= 0.3 is 0 Å². The van der Waals surface area contributed by atoms with E-state index in [0.717, 1.165) is 0 Å². The lowest BCUT2D eigenvalue weighted by atomic mass is 9.84. The van der Waals surface area contributed by atoms with Crippen molar-refractivity contribution in [2.45, 2.75) is 26.7 Å². The van der Waals surface area contributed by atoms with E-state index in [-0.39, 0.29) is 0 Å². The van der Waals surface area contributed by atoms with Gasteiger partial charge in [-0.1, -0.05) is 19.9 Å². The highest BCUT2D eigenvalue weighted by atomic mass is 16.4. The molecule has 0 N–H and O–H groups in total. The Morgan fingerprint density at radius 1 is 1.80 bits per heavy atom. The molecule has 0 saturated carbocycles. The smallest absolute Gasteiger partial charge is 0.0476 e. The fourth-order valence-corrected chi connectivity index (χ4v) is 0.691. The number of carboxylic acid groups (broad SMARTS) is 1. The molecular weight excluding hydrogens is 128 g/mol. The molecule has 1 unspecified atom stereocenters. The molecule has 2 heteroatoms. The Hall–Kier alpha value is -0.790. The number of allylic oxidation sites excluding steroid dienone is 1. The van der Waals surface area contributed by atoms with Crippen LogP contribution in [-0.2, 0) is 4.79 Å². The lowest BCUT2D eigenvalue weighted by Crippen LogP contribution is -2.39. The molecule has 0 aliphatic carbocycles. The van der Waals surface area contributed by atoms with Gasteiger partial charge < -0.3 is 9.90 Å². The molecule has 0 aromatic rings. The maximum Gasteiger partial charge on any atom is 0.0476 e. The van der Waals surface area contributed by atoms with Crippen molar-refractivity contribution in [1.29, 1.82) is 0 Å². The highest BCUT2D eigenvalue weighted by molar-refractivity contribution is 5.71. The van der Waals surface area contributed by atoms with Crippen molar-refractivity contribution in [2.24, 2.45) is 5.41 Å². The summed E-state index contributed by atoms with van der Waals surface area (Å²) in [5.74, 6) is -0.991. The highest BCUT2D eigenvalue weighted by Crippen LogP contribution is 2.24. The summed E-state index contributed by atoms with van der Waals surface area (Å²) < 4.78 is 0. The SMILES string of the molecule is C=CCC(C)(CC)C(=O)[O-]. The van der Waals surface area contributed by atoms with Crippen LogP contribution in [0.5, 0.6) is 0 Å². The first-order valence-electron chi connectivity index (χ1n) is 3.39. The molecule has 0 aromatic carbocycles. The molecule has 0 radical (unpaired) electrons. The first-order valence-corrected chi connectivity index (χ1v) is 3.39. The number of hydrogen-bond donors (Lipinski definition) is 0. The zero-order chi connectivity index (χ0) is 8.20. The van der Waals surface area contributed by atoms with Crippen LogP contribution in [0.3, 0.4) is 0 Å². The number of carboxylic acids is 1. The van der Waals surface area contributed by atoms with Crippen LogP contribution < -0.4 is 5.11 Å². The van der Waals surface area contributed by atoms with Gasteiger partial charge in [0.15, 0.2) is 0 Å². The molecule has 0 aliphatic heterocycles. The van der Waals surface area contributed by atoms with E-state index in [9.17, 15) is 9.90 Å². The van der Waals surface area contributed by atoms with Crippen LogP contribution in [0.25, 0.3) is 0 Å². The third-order valence-corrected chi connectivity index (χ3v) is 1.87. The van der Waals surface area contributed by atoms with E-state index in [1.165, 1.54) is 0 Å². The van der Waals surface area contributed by atoms with Crippen LogP contribution in [0.2, 0.25) is 0 Å². The van der Waals surface area contributed by atoms with Crippen molar-refractivity contribution in [3.05, 3.63) is 12.7 Å². The number of aliphatic carboxylic acids is 1. The lowest BCUT2D eigenvalue weighted by Gasteiger charge is -2.27. The Morgan fingerprint density at radius 3 is 2.40 bits per heavy atom. The van der Waals surface area contributed by atoms with Gasteiger partial charge in [-0.2, -0.15) is 0 Å². The normalized spacial score (nSPS) is 15.8. The van der Waals surface area contributed by atoms with Crippen molar-refractivity contribution in [3.8, 4) is 0 Å². The predicted molar refractivity (Wildman–Crippen MR) is 38.2 cm³/mol. The van der Waals surface area contributed by atoms with Crippen LogP contribution in [0.1, 0.15) is 26.7 Å². The Labute approximate surface area is 61.6 Å². The molecule has 0 amide bonds. The summed E-state index contributed by atoms with van der Waals surface area (Å²) in [4.78, 5) is 10.5. The van der Waals surface area contributed by atoms with E-state index in [0.29, 0.717) is 12.8 Å². The third kappa shape index (κ3) is 1.87. The summed E-state index contributed by atoms with van der Waals surface area (Å²) >= 11 is 0. The van der Waals surface area contributed by atoms with E-state index in [2.05, 4.69) is 6.58 Å². The molecule has 1 atom stereocenters. The quantitative estimate of drug-likeness (QED) is 0.541. The molecule has 0 aromatic heterocycles. The molecule has 0 aliphatic rings. The second-order valence-electron chi connectivity index (χ2n) is 2.69. The number of hydrogen-bond acceptors (Lipinski definition) is 2. The van der Waals surface area contributed by atoms with Gasteiger partial charge in [-0.25, -0.2) is 0 Å². The molecule has 10 heavy (non-hydrogen) atoms. The average molecular weight is 141 g/mol. The van der Waals surface area contributed by atoms with Gasteiger partial charge in [0, 0.05) is 11.4 Å². The summed E-state index contributed by atoms with van der Waals surface area (Å²) in [6, 6.07) is 0. The Balaban J connectivity index is 4.21. The predicted octanol–water partition coefficient (Wildman–Crippen LogP) is 0.729. The molecule has 0 rings (SSSR count). The topological polar surface area (TPSA) is 40.1 Å². The molecule has 0 heterocycles. The number of carbonyl (C=O) groups is 1. The maximum atomic E-state index is 10.5. The van der Waals surface area contributed by atoms with Crippen molar-refractivity contribution in [3.63, 3.8) is 0 Å². The van der Waals surface area contributed by atoms with Crippen molar-refractivity contribution in [2.75, 3.05) is 0 Å². The molecule has 0 saturated heterocycles. The van der Waals surface area contributed by atoms with E-state index >= 15 is 0 Å². The zero-order valence-electron chi connectivity index (χ0n) is 6.52. The Morgan fingerprint density at radius 2 is 2.30 bits per heavy atom. The third-order valence-electron chi connectivity index (χ3n) is 1.87. The van der Waals surface area contributed by atoms with E-state index in [1.54, 1.807) is 13.0 Å². The van der Waals surface area contributed by atoms with Gasteiger partial charge in [0.2, 0.25) is 0 Å². The Bertz CT molecular complexity index is 140. The first-order chi connectivity index (χ1) is 4.56. The highest BCUT2D eigenvalue weighted by Gasteiger charge is 2.21. The molecule has 0 fully saturated rings. The maximum absolute atomic E-state index is 10.5. The number of carbonyl (C=O) groups excluding carboxylic acids is 1. The van der Waals surface area contributed by atoms with Gasteiger partial charge in [0.05, 0.1) is 0 Å². The fourth-order valence-electron chi connectivity index (χ4n) is 0.691. The van der Waals surface area contributed by atoms with Gasteiger partial charge in [-0.05, 0) is 12.8 Å². The van der Waals surface area contributed by atoms with Gasteiger partial charge in [0.25, 0.3) is 0 Å². The Kier molecular flexibility index (Phi) is 3.13. The molecular formula is C8H13O2-. The van der Waals surface area contributed by atoms with E-state index in [4.69, 9.17) is 0 Å². The monoisotopic (exact) mass is 141 g/mol. The second kappa shape index (κ2) is 3.40. The van der Waals surface area contributed by atoms with E-state index in [1.807, 2.05) is 6.92 Å². The molecule has 0 spiro atoms. The summed E-state index contributed by atoms with van der Waals surface area (Å²) in [6.45, 7) is 6.99. The van der Waals surface area contributed by atoms with Crippen LogP contribution in [-0.4, -0.2) is 5.97 Å². The summed E-state index contributed by atoms with van der Waals surface area (Å²) in [5, 5.41) is 10.5. The van der Waals surface area contributed by atoms with Crippen molar-refractivity contribution < 1.29 is 9.90 Å². The zero-order valence-corrected chi connectivity index (χ0v) is 6.52. The van der Waals surface area contributed by atoms with Crippen LogP contribution >= 0.6 is 0 Å². The molecule has 2 nitrogen and oxygen atoms in total. The van der Waals surface area contributed by atoms with Crippen molar-refractivity contribution in [1.82, 2.24) is 0 Å². The summed E-state index contributed by atoms with van der Waals surface area (Å²) in [6.07, 6.45) is 2.67. The molecule has 58 valence electrons. The lowest BCUT2D eigenvalue weighted by molar-refractivity contribution is -0.318. The summed E-state index contributed by atoms with van der Waals surface area (Å²) in [5.41, 5.74) is -0.720. The van der Waals surface area contributed by atoms with Crippen LogP contribution in [0, 0.1) is 5.41 Å². The standard InChI is InChI=1S/C8H14O2/c1-4-6-8(3,5-2)7(9)10/h4H,1,5-6H2,2-3H3,(H,9,10)/p-1. The van der Waals surface area contributed by atoms with E-state index < -0.39 is 11.4 Å². The first kappa shape index (κ1) is 9.21. The second-order valence-corrected chi connectivity index (χ2v) is 2.69. The van der Waals surface area contributed by atoms with Gasteiger partial charge in [0.1, 0.15) is 0 Å². The van der Waals surface area contributed by atoms with Crippen LogP contribution in [0.4, 0.5) is 0 Å². The minimum atomic E-state index is -0.991. The number of rotatable bonds is 4. The minimum Gasteiger partial charge on any atom is -0.550 e. The fraction of sp³-hybridized carbons (Fsp3) is 0.625. The van der Waals surface area contributed by atoms with Crippen LogP contribution in [0.15, 0.2) is 12.7 Å². The minimum absolute atomic E-state index is 0.478. The van der Waals surface area contributed by atoms with Gasteiger partial charge in [-0.15, -0.1) is 6.58 Å². The van der Waals surface area contributed by atoms with Gasteiger partial charge in [-0.3, -0.25) is 0 Å². The summed E-state index contributed by atoms with van der Waals surface area (Å²) in [7, 11) is 0. The average Bonchev–Trinajstić information content (AvgIpc) is 1.88.